The highest BCUT2D eigenvalue weighted by Crippen LogP contribution is 2.30. The van der Waals surface area contributed by atoms with Gasteiger partial charge in [0.15, 0.2) is 6.61 Å². The van der Waals surface area contributed by atoms with Crippen molar-refractivity contribution in [2.45, 2.75) is 57.9 Å². The molecule has 8 heteroatoms. The van der Waals surface area contributed by atoms with E-state index in [1.807, 2.05) is 20.8 Å². The molecule has 2 aromatic carbocycles. The first-order valence-electron chi connectivity index (χ1n) is 10.9. The van der Waals surface area contributed by atoms with Crippen molar-refractivity contribution in [3.8, 4) is 5.75 Å². The van der Waals surface area contributed by atoms with Crippen LogP contribution in [0.2, 0.25) is 5.02 Å². The van der Waals surface area contributed by atoms with Gasteiger partial charge in [0, 0.05) is 13.1 Å². The Morgan fingerprint density at radius 2 is 1.72 bits per heavy atom. The minimum Gasteiger partial charge on any atom is -0.482 e. The number of hydrogen-bond acceptors (Lipinski definition) is 4. The maximum absolute atomic E-state index is 12.8. The van der Waals surface area contributed by atoms with Gasteiger partial charge in [-0.05, 0) is 81.0 Å². The molecule has 1 aliphatic heterocycles. The van der Waals surface area contributed by atoms with Crippen molar-refractivity contribution >= 4 is 27.5 Å². The van der Waals surface area contributed by atoms with E-state index in [1.165, 1.54) is 33.6 Å². The van der Waals surface area contributed by atoms with Crippen LogP contribution in [-0.4, -0.2) is 38.3 Å². The standard InChI is InChI=1S/C24H31ClN2O4S/c1-16-12-18(3)21(13-17(16)2)19(4)26-24(28)15-31-23-9-8-20(14-22(23)25)32(29,30)27-10-6-5-7-11-27/h8-9,12-14,19H,5-7,10-11,15H2,1-4H3,(H,26,28)/t19-/m0/s1. The highest BCUT2D eigenvalue weighted by molar-refractivity contribution is 7.89. The number of amides is 1. The first kappa shape index (κ1) is 24.6. The lowest BCUT2D eigenvalue weighted by molar-refractivity contribution is -0.123. The Kier molecular flexibility index (Phi) is 7.85. The molecule has 0 radical (unpaired) electrons. The van der Waals surface area contributed by atoms with E-state index in [0.29, 0.717) is 13.1 Å². The van der Waals surface area contributed by atoms with E-state index < -0.39 is 10.0 Å². The first-order valence-corrected chi connectivity index (χ1v) is 12.7. The number of nitrogens with zero attached hydrogens (tertiary/aromatic N) is 1. The zero-order valence-electron chi connectivity index (χ0n) is 19.1. The Morgan fingerprint density at radius 1 is 1.06 bits per heavy atom. The van der Waals surface area contributed by atoms with E-state index in [2.05, 4.69) is 24.4 Å². The second-order valence-electron chi connectivity index (χ2n) is 8.43. The third-order valence-electron chi connectivity index (χ3n) is 5.94. The maximum Gasteiger partial charge on any atom is 0.258 e. The number of carbonyl (C=O) groups is 1. The summed E-state index contributed by atoms with van der Waals surface area (Å²) in [7, 11) is -3.58. The lowest BCUT2D eigenvalue weighted by atomic mass is 9.96. The van der Waals surface area contributed by atoms with Crippen molar-refractivity contribution in [1.29, 1.82) is 0 Å². The van der Waals surface area contributed by atoms with Gasteiger partial charge in [-0.1, -0.05) is 30.2 Å². The van der Waals surface area contributed by atoms with Gasteiger partial charge in [0.25, 0.3) is 5.91 Å². The van der Waals surface area contributed by atoms with Crippen LogP contribution in [-0.2, 0) is 14.8 Å². The third kappa shape index (κ3) is 5.63. The summed E-state index contributed by atoms with van der Waals surface area (Å²) in [5, 5.41) is 3.10. The second kappa shape index (κ2) is 10.2. The van der Waals surface area contributed by atoms with Gasteiger partial charge in [0.05, 0.1) is 16.0 Å². The van der Waals surface area contributed by atoms with Crippen LogP contribution in [0.15, 0.2) is 35.2 Å². The van der Waals surface area contributed by atoms with E-state index >= 15 is 0 Å². The predicted molar refractivity (Wildman–Crippen MR) is 127 cm³/mol. The Bertz CT molecular complexity index is 1100. The van der Waals surface area contributed by atoms with Gasteiger partial charge in [0.2, 0.25) is 10.0 Å². The Hall–Kier alpha value is -2.09. The molecule has 0 saturated carbocycles. The molecule has 0 spiro atoms. The number of sulfonamides is 1. The molecule has 32 heavy (non-hydrogen) atoms. The van der Waals surface area contributed by atoms with Gasteiger partial charge < -0.3 is 10.1 Å². The molecular formula is C24H31ClN2O4S. The van der Waals surface area contributed by atoms with Crippen molar-refractivity contribution in [3.05, 3.63) is 57.6 Å². The zero-order valence-corrected chi connectivity index (χ0v) is 20.6. The Labute approximate surface area is 196 Å². The van der Waals surface area contributed by atoms with Crippen molar-refractivity contribution in [2.75, 3.05) is 19.7 Å². The number of ether oxygens (including phenoxy) is 1. The van der Waals surface area contributed by atoms with E-state index in [9.17, 15) is 13.2 Å². The summed E-state index contributed by atoms with van der Waals surface area (Å²) in [6.45, 7) is 8.91. The number of hydrogen-bond donors (Lipinski definition) is 1. The summed E-state index contributed by atoms with van der Waals surface area (Å²) < 4.78 is 32.7. The molecular weight excluding hydrogens is 448 g/mol. The topological polar surface area (TPSA) is 75.7 Å². The van der Waals surface area contributed by atoms with Gasteiger partial charge in [-0.2, -0.15) is 4.31 Å². The molecule has 0 bridgehead atoms. The summed E-state index contributed by atoms with van der Waals surface area (Å²) in [4.78, 5) is 12.6. The molecule has 0 aliphatic carbocycles. The van der Waals surface area contributed by atoms with Gasteiger partial charge >= 0.3 is 0 Å². The number of benzene rings is 2. The van der Waals surface area contributed by atoms with Crippen LogP contribution < -0.4 is 10.1 Å². The molecule has 2 aromatic rings. The monoisotopic (exact) mass is 478 g/mol. The van der Waals surface area contributed by atoms with Gasteiger partial charge in [-0.3, -0.25) is 4.79 Å². The van der Waals surface area contributed by atoms with Gasteiger partial charge in [-0.15, -0.1) is 0 Å². The van der Waals surface area contributed by atoms with Crippen LogP contribution in [0.3, 0.4) is 0 Å². The normalized spacial score (nSPS) is 15.9. The summed E-state index contributed by atoms with van der Waals surface area (Å²) in [5.74, 6) is -0.00867. The summed E-state index contributed by atoms with van der Waals surface area (Å²) >= 11 is 6.27. The fourth-order valence-electron chi connectivity index (χ4n) is 3.97. The fraction of sp³-hybridized carbons (Fsp3) is 0.458. The van der Waals surface area contributed by atoms with Crippen LogP contribution in [0.1, 0.15) is 54.5 Å². The van der Waals surface area contributed by atoms with Crippen molar-refractivity contribution in [3.63, 3.8) is 0 Å². The molecule has 1 aliphatic rings. The fourth-order valence-corrected chi connectivity index (χ4v) is 5.81. The molecule has 174 valence electrons. The number of aryl methyl sites for hydroxylation is 3. The molecule has 3 rings (SSSR count). The van der Waals surface area contributed by atoms with Crippen LogP contribution in [0.5, 0.6) is 5.75 Å². The third-order valence-corrected chi connectivity index (χ3v) is 8.13. The van der Waals surface area contributed by atoms with Gasteiger partial charge in [-0.25, -0.2) is 8.42 Å². The predicted octanol–water partition coefficient (Wildman–Crippen LogP) is 4.70. The van der Waals surface area contributed by atoms with Crippen LogP contribution in [0.25, 0.3) is 0 Å². The van der Waals surface area contributed by atoms with Gasteiger partial charge in [0.1, 0.15) is 5.75 Å². The molecule has 1 amide bonds. The number of nitrogens with one attached hydrogen (secondary N) is 1. The Morgan fingerprint density at radius 3 is 2.38 bits per heavy atom. The average molecular weight is 479 g/mol. The maximum atomic E-state index is 12.8. The van der Waals surface area contributed by atoms with Crippen LogP contribution in [0, 0.1) is 20.8 Å². The molecule has 1 saturated heterocycles. The SMILES string of the molecule is Cc1cc(C)c([C@H](C)NC(=O)COc2ccc(S(=O)(=O)N3CCCCC3)cc2Cl)cc1C. The minimum absolute atomic E-state index is 0.139. The molecule has 1 atom stereocenters. The van der Waals surface area contributed by atoms with Crippen molar-refractivity contribution < 1.29 is 17.9 Å². The molecule has 6 nitrogen and oxygen atoms in total. The number of carbonyl (C=O) groups excluding carboxylic acids is 1. The smallest absolute Gasteiger partial charge is 0.258 e. The van der Waals surface area contributed by atoms with E-state index in [-0.39, 0.29) is 34.2 Å². The molecule has 1 heterocycles. The second-order valence-corrected chi connectivity index (χ2v) is 10.8. The molecule has 0 unspecified atom stereocenters. The summed E-state index contributed by atoms with van der Waals surface area (Å²) in [6, 6.07) is 8.41. The zero-order chi connectivity index (χ0) is 23.5. The first-order chi connectivity index (χ1) is 15.1. The Balaban J connectivity index is 1.62. The van der Waals surface area contributed by atoms with E-state index in [1.54, 1.807) is 0 Å². The number of piperidine rings is 1. The molecule has 1 N–H and O–H groups in total. The highest BCUT2D eigenvalue weighted by atomic mass is 35.5. The highest BCUT2D eigenvalue weighted by Gasteiger charge is 2.26. The average Bonchev–Trinajstić information content (AvgIpc) is 2.75. The lowest BCUT2D eigenvalue weighted by Gasteiger charge is -2.26. The minimum atomic E-state index is -3.58. The van der Waals surface area contributed by atoms with E-state index in [4.69, 9.17) is 16.3 Å². The molecule has 1 fully saturated rings. The van der Waals surface area contributed by atoms with E-state index in [0.717, 1.165) is 30.4 Å². The summed E-state index contributed by atoms with van der Waals surface area (Å²) in [5.41, 5.74) is 4.57. The largest absolute Gasteiger partial charge is 0.482 e. The van der Waals surface area contributed by atoms with Crippen molar-refractivity contribution in [2.24, 2.45) is 0 Å². The van der Waals surface area contributed by atoms with Crippen LogP contribution >= 0.6 is 11.6 Å². The number of halogens is 1. The lowest BCUT2D eigenvalue weighted by Crippen LogP contribution is -2.35. The molecule has 0 aromatic heterocycles. The quantitative estimate of drug-likeness (QED) is 0.626. The van der Waals surface area contributed by atoms with Crippen LogP contribution in [0.4, 0.5) is 0 Å². The number of rotatable bonds is 7. The van der Waals surface area contributed by atoms with Crippen molar-refractivity contribution in [1.82, 2.24) is 9.62 Å². The summed E-state index contributed by atoms with van der Waals surface area (Å²) in [6.07, 6.45) is 2.77.